The summed E-state index contributed by atoms with van der Waals surface area (Å²) >= 11 is 0. The average molecular weight is 373 g/mol. The third-order valence-corrected chi connectivity index (χ3v) is 3.79. The predicted octanol–water partition coefficient (Wildman–Crippen LogP) is 0.918. The molecule has 0 saturated heterocycles. The number of unbranched alkanes of at least 4 members (excludes halogenated alkanes) is 9. The van der Waals surface area contributed by atoms with E-state index in [1.54, 1.807) is 0 Å². The van der Waals surface area contributed by atoms with Crippen LogP contribution in [-0.2, 0) is 10.1 Å². The van der Waals surface area contributed by atoms with Crippen molar-refractivity contribution in [3.8, 4) is 0 Å². The maximum absolute atomic E-state index is 9.43. The molecule has 0 amide bonds. The van der Waals surface area contributed by atoms with Crippen molar-refractivity contribution < 1.29 is 28.3 Å². The van der Waals surface area contributed by atoms with Gasteiger partial charge in [0.2, 0.25) is 5.91 Å². The lowest BCUT2D eigenvalue weighted by atomic mass is 10.1. The average Bonchev–Trinajstić information content (AvgIpc) is 2.52. The zero-order valence-electron chi connectivity index (χ0n) is 14.8. The fraction of sp³-hybridized carbons (Fsp3) is 1.00. The summed E-state index contributed by atoms with van der Waals surface area (Å²) in [6.45, 7) is 2.09. The van der Waals surface area contributed by atoms with Gasteiger partial charge >= 0.3 is 0 Å². The van der Waals surface area contributed by atoms with Crippen LogP contribution < -0.4 is 11.1 Å². The Bertz CT molecular complexity index is 363. The molecule has 0 aromatic rings. The normalized spacial score (nSPS) is 11.9. The minimum atomic E-state index is -3.88. The molecule has 0 rings (SSSR count). The molecule has 0 aliphatic heterocycles. The molecule has 9 heteroatoms. The Kier molecular flexibility index (Phi) is 17.5. The Morgan fingerprint density at radius 3 is 1.62 bits per heavy atom. The minimum Gasteiger partial charge on any atom is -0.389 e. The topological polar surface area (TPSA) is 153 Å². The van der Waals surface area contributed by atoms with Gasteiger partial charge in [-0.05, 0) is 6.42 Å². The molecule has 0 radical (unpaired) electrons. The van der Waals surface area contributed by atoms with Crippen LogP contribution in [0.4, 0.5) is 0 Å². The number of aliphatic hydroxyl groups excluding tert-OH is 1. The fourth-order valence-electron chi connectivity index (χ4n) is 1.96. The Hall–Kier alpha value is -0.290. The SMILES string of the molecule is CCCCCCCCCCCCNC(O)(O)CO.NCS(=O)(=O)O. The molecule has 0 atom stereocenters. The molecular formula is C15H36N2O6S. The van der Waals surface area contributed by atoms with Crippen molar-refractivity contribution in [2.75, 3.05) is 19.0 Å². The van der Waals surface area contributed by atoms with Crippen LogP contribution in [0.3, 0.4) is 0 Å². The van der Waals surface area contributed by atoms with E-state index in [9.17, 15) is 8.42 Å². The van der Waals surface area contributed by atoms with Crippen LogP contribution in [0.1, 0.15) is 71.1 Å². The van der Waals surface area contributed by atoms with Crippen molar-refractivity contribution in [1.29, 1.82) is 0 Å². The largest absolute Gasteiger partial charge is 0.389 e. The number of nitrogens with one attached hydrogen (secondary N) is 1. The van der Waals surface area contributed by atoms with E-state index in [1.807, 2.05) is 0 Å². The molecule has 0 aromatic heterocycles. The number of nitrogens with two attached hydrogens (primary N) is 1. The van der Waals surface area contributed by atoms with Gasteiger partial charge in [0.1, 0.15) is 12.5 Å². The lowest BCUT2D eigenvalue weighted by Gasteiger charge is -2.19. The lowest BCUT2D eigenvalue weighted by molar-refractivity contribution is -0.208. The second-order valence-electron chi connectivity index (χ2n) is 5.83. The second kappa shape index (κ2) is 16.2. The first-order valence-corrected chi connectivity index (χ1v) is 10.2. The molecule has 0 saturated carbocycles. The van der Waals surface area contributed by atoms with Crippen LogP contribution >= 0.6 is 0 Å². The second-order valence-corrected chi connectivity index (χ2v) is 7.33. The molecular weight excluding hydrogens is 336 g/mol. The van der Waals surface area contributed by atoms with E-state index in [4.69, 9.17) is 19.9 Å². The summed E-state index contributed by atoms with van der Waals surface area (Å²) in [4.78, 5) is 0. The van der Waals surface area contributed by atoms with Gasteiger partial charge in [0.25, 0.3) is 10.1 Å². The van der Waals surface area contributed by atoms with Crippen molar-refractivity contribution >= 4 is 10.1 Å². The van der Waals surface area contributed by atoms with Crippen LogP contribution in [0.15, 0.2) is 0 Å². The Morgan fingerprint density at radius 2 is 1.29 bits per heavy atom. The van der Waals surface area contributed by atoms with Gasteiger partial charge in [-0.3, -0.25) is 9.87 Å². The molecule has 0 aromatic carbocycles. The van der Waals surface area contributed by atoms with Gasteiger partial charge in [-0.15, -0.1) is 0 Å². The summed E-state index contributed by atoms with van der Waals surface area (Å²) in [7, 11) is -3.88. The maximum Gasteiger partial charge on any atom is 0.277 e. The van der Waals surface area contributed by atoms with E-state index in [2.05, 4.69) is 18.0 Å². The van der Waals surface area contributed by atoms with Gasteiger partial charge in [0.05, 0.1) is 0 Å². The fourth-order valence-corrected chi connectivity index (χ4v) is 1.96. The van der Waals surface area contributed by atoms with Crippen LogP contribution in [0.5, 0.6) is 0 Å². The molecule has 0 heterocycles. The molecule has 8 nitrogen and oxygen atoms in total. The smallest absolute Gasteiger partial charge is 0.277 e. The molecule has 7 N–H and O–H groups in total. The van der Waals surface area contributed by atoms with E-state index in [0.717, 1.165) is 12.8 Å². The molecule has 0 bridgehead atoms. The minimum absolute atomic E-state index is 0.532. The van der Waals surface area contributed by atoms with Crippen molar-refractivity contribution in [3.05, 3.63) is 0 Å². The number of hydrogen-bond donors (Lipinski definition) is 6. The van der Waals surface area contributed by atoms with Gasteiger partial charge < -0.3 is 21.1 Å². The standard InChI is InChI=1S/C14H31NO3.CH5NO3S/c1-2-3-4-5-6-7-8-9-10-11-12-15-14(17,18)13-16;2-1-6(3,4)5/h15-18H,2-13H2,1H3;1-2H2,(H,3,4,5). The number of rotatable bonds is 14. The summed E-state index contributed by atoms with van der Waals surface area (Å²) in [5.41, 5.74) is 4.47. The van der Waals surface area contributed by atoms with Crippen LogP contribution in [-0.4, -0.2) is 53.2 Å². The van der Waals surface area contributed by atoms with Crippen LogP contribution in [0.25, 0.3) is 0 Å². The monoisotopic (exact) mass is 372 g/mol. The molecule has 24 heavy (non-hydrogen) atoms. The summed E-state index contributed by atoms with van der Waals surface area (Å²) in [5, 5.41) is 29.2. The first-order valence-electron chi connectivity index (χ1n) is 8.64. The van der Waals surface area contributed by atoms with Gasteiger partial charge in [-0.1, -0.05) is 64.7 Å². The number of aliphatic hydroxyl groups is 3. The first-order chi connectivity index (χ1) is 11.2. The summed E-state index contributed by atoms with van der Waals surface area (Å²) in [6.07, 6.45) is 12.6. The first kappa shape index (κ1) is 25.9. The molecule has 0 aliphatic carbocycles. The Morgan fingerprint density at radius 1 is 0.917 bits per heavy atom. The van der Waals surface area contributed by atoms with Crippen molar-refractivity contribution in [2.45, 2.75) is 77.0 Å². The van der Waals surface area contributed by atoms with E-state index < -0.39 is 28.5 Å². The predicted molar refractivity (Wildman–Crippen MR) is 94.7 cm³/mol. The van der Waals surface area contributed by atoms with Gasteiger partial charge in [-0.25, -0.2) is 0 Å². The van der Waals surface area contributed by atoms with Crippen molar-refractivity contribution in [1.82, 2.24) is 5.32 Å². The van der Waals surface area contributed by atoms with Crippen molar-refractivity contribution in [3.63, 3.8) is 0 Å². The summed E-state index contributed by atoms with van der Waals surface area (Å²) in [6, 6.07) is 0. The maximum atomic E-state index is 9.43. The summed E-state index contributed by atoms with van der Waals surface area (Å²) in [5.74, 6) is -2.81. The van der Waals surface area contributed by atoms with Crippen molar-refractivity contribution in [2.24, 2.45) is 5.73 Å². The highest BCUT2D eigenvalue weighted by atomic mass is 32.2. The van der Waals surface area contributed by atoms with Crippen LogP contribution in [0, 0.1) is 0 Å². The highest BCUT2D eigenvalue weighted by Gasteiger charge is 2.19. The van der Waals surface area contributed by atoms with E-state index in [-0.39, 0.29) is 0 Å². The van der Waals surface area contributed by atoms with E-state index in [1.165, 1.54) is 51.4 Å². The highest BCUT2D eigenvalue weighted by molar-refractivity contribution is 7.85. The van der Waals surface area contributed by atoms with Gasteiger partial charge in [-0.2, -0.15) is 8.42 Å². The molecule has 0 aliphatic rings. The molecule has 0 unspecified atom stereocenters. The Balaban J connectivity index is 0. The zero-order valence-corrected chi connectivity index (χ0v) is 15.6. The quantitative estimate of drug-likeness (QED) is 0.149. The van der Waals surface area contributed by atoms with Gasteiger partial charge in [0.15, 0.2) is 0 Å². The molecule has 148 valence electrons. The number of hydrogen-bond acceptors (Lipinski definition) is 7. The van der Waals surface area contributed by atoms with E-state index in [0.29, 0.717) is 6.54 Å². The molecule has 0 spiro atoms. The van der Waals surface area contributed by atoms with Crippen LogP contribution in [0.2, 0.25) is 0 Å². The lowest BCUT2D eigenvalue weighted by Crippen LogP contribution is -2.48. The highest BCUT2D eigenvalue weighted by Crippen LogP contribution is 2.10. The zero-order chi connectivity index (χ0) is 18.9. The third kappa shape index (κ3) is 24.0. The third-order valence-electron chi connectivity index (χ3n) is 3.37. The van der Waals surface area contributed by atoms with Gasteiger partial charge in [0, 0.05) is 6.54 Å². The van der Waals surface area contributed by atoms with E-state index >= 15 is 0 Å². The Labute approximate surface area is 146 Å². The summed E-state index contributed by atoms with van der Waals surface area (Å²) < 4.78 is 26.5. The molecule has 0 fully saturated rings.